The zero-order valence-electron chi connectivity index (χ0n) is 14.9. The largest absolute Gasteiger partial charge is 0.444 e. The van der Waals surface area contributed by atoms with Crippen molar-refractivity contribution in [2.45, 2.75) is 26.9 Å². The lowest BCUT2D eigenvalue weighted by atomic mass is 10.1. The van der Waals surface area contributed by atoms with Gasteiger partial charge in [-0.2, -0.15) is 0 Å². The maximum atomic E-state index is 5.55. The van der Waals surface area contributed by atoms with E-state index in [-0.39, 0.29) is 24.0 Å². The van der Waals surface area contributed by atoms with Crippen LogP contribution in [0.1, 0.15) is 22.7 Å². The average Bonchev–Trinajstić information content (AvgIpc) is 3.25. The number of rotatable bonds is 5. The van der Waals surface area contributed by atoms with E-state index in [9.17, 15) is 0 Å². The highest BCUT2D eigenvalue weighted by Crippen LogP contribution is 2.18. The monoisotopic (exact) mass is 467 g/mol. The average molecular weight is 467 g/mol. The Morgan fingerprint density at radius 3 is 2.50 bits per heavy atom. The lowest BCUT2D eigenvalue weighted by molar-refractivity contribution is 0.376. The van der Waals surface area contributed by atoms with Crippen LogP contribution in [-0.2, 0) is 13.1 Å². The molecule has 2 aromatic heterocycles. The van der Waals surface area contributed by atoms with Crippen molar-refractivity contribution in [3.05, 3.63) is 59.3 Å². The molecule has 0 saturated carbocycles. The van der Waals surface area contributed by atoms with E-state index < -0.39 is 0 Å². The number of halogens is 1. The number of hydrogen-bond acceptors (Lipinski definition) is 5. The maximum Gasteiger partial charge on any atom is 0.226 e. The van der Waals surface area contributed by atoms with Crippen LogP contribution in [0.2, 0.25) is 0 Å². The second-order valence-corrected chi connectivity index (χ2v) is 5.72. The highest BCUT2D eigenvalue weighted by atomic mass is 127. The fraction of sp³-hybridized carbons (Fsp3) is 0.278. The molecule has 2 N–H and O–H groups in total. The number of nitrogens with zero attached hydrogens (tertiary/aromatic N) is 3. The first-order chi connectivity index (χ1) is 12.1. The molecule has 0 atom stereocenters. The van der Waals surface area contributed by atoms with Crippen molar-refractivity contribution < 1.29 is 8.94 Å². The molecule has 7 nitrogen and oxygen atoms in total. The van der Waals surface area contributed by atoms with Crippen LogP contribution < -0.4 is 10.6 Å². The summed E-state index contributed by atoms with van der Waals surface area (Å²) in [5, 5.41) is 10.2. The standard InChI is InChI=1S/C18H21N5O2.HI/c1-12-4-6-14(7-5-12)17-22-15(11-24-17)9-20-18(19-3)21-10-16-8-13(2)23-25-16;/h4-8,11H,9-10H2,1-3H3,(H2,19,20,21);1H. The summed E-state index contributed by atoms with van der Waals surface area (Å²) in [6.07, 6.45) is 1.65. The summed E-state index contributed by atoms with van der Waals surface area (Å²) >= 11 is 0. The van der Waals surface area contributed by atoms with Crippen molar-refractivity contribution in [2.75, 3.05) is 7.05 Å². The number of nitrogens with one attached hydrogen (secondary N) is 2. The Kier molecular flexibility index (Phi) is 7.19. The Morgan fingerprint density at radius 2 is 1.85 bits per heavy atom. The summed E-state index contributed by atoms with van der Waals surface area (Å²) in [6, 6.07) is 9.95. The van der Waals surface area contributed by atoms with Crippen LogP contribution in [0, 0.1) is 13.8 Å². The Hall–Kier alpha value is -2.36. The molecule has 3 aromatic rings. The number of benzene rings is 1. The zero-order valence-corrected chi connectivity index (χ0v) is 17.3. The molecule has 0 saturated heterocycles. The maximum absolute atomic E-state index is 5.55. The van der Waals surface area contributed by atoms with Crippen LogP contribution in [0.4, 0.5) is 0 Å². The first-order valence-electron chi connectivity index (χ1n) is 8.02. The quantitative estimate of drug-likeness (QED) is 0.340. The van der Waals surface area contributed by atoms with Crippen molar-refractivity contribution >= 4 is 29.9 Å². The van der Waals surface area contributed by atoms with Gasteiger partial charge in [0.1, 0.15) is 6.26 Å². The highest BCUT2D eigenvalue weighted by Gasteiger charge is 2.08. The number of oxazole rings is 1. The van der Waals surface area contributed by atoms with Gasteiger partial charge < -0.3 is 19.6 Å². The molecule has 26 heavy (non-hydrogen) atoms. The Balaban J connectivity index is 0.00000243. The minimum absolute atomic E-state index is 0. The summed E-state index contributed by atoms with van der Waals surface area (Å²) in [5.41, 5.74) is 3.81. The molecule has 0 amide bonds. The molecule has 0 spiro atoms. The normalized spacial score (nSPS) is 11.1. The molecule has 2 heterocycles. The third kappa shape index (κ3) is 5.32. The molecule has 0 bridgehead atoms. The third-order valence-corrected chi connectivity index (χ3v) is 3.62. The molecule has 0 fully saturated rings. The molecular formula is C18H22IN5O2. The molecule has 0 radical (unpaired) electrons. The van der Waals surface area contributed by atoms with Crippen molar-refractivity contribution in [1.29, 1.82) is 0 Å². The number of aryl methyl sites for hydroxylation is 2. The Morgan fingerprint density at radius 1 is 1.12 bits per heavy atom. The number of guanidine groups is 1. The first-order valence-corrected chi connectivity index (χ1v) is 8.02. The van der Waals surface area contributed by atoms with Gasteiger partial charge in [0.2, 0.25) is 5.89 Å². The summed E-state index contributed by atoms with van der Waals surface area (Å²) in [7, 11) is 1.71. The minimum atomic E-state index is 0. The van der Waals surface area contributed by atoms with Crippen molar-refractivity contribution in [2.24, 2.45) is 4.99 Å². The van der Waals surface area contributed by atoms with Gasteiger partial charge in [0.15, 0.2) is 11.7 Å². The Labute approximate surface area is 169 Å². The van der Waals surface area contributed by atoms with E-state index in [0.29, 0.717) is 24.9 Å². The van der Waals surface area contributed by atoms with Crippen LogP contribution in [-0.4, -0.2) is 23.1 Å². The van der Waals surface area contributed by atoms with Gasteiger partial charge in [0.05, 0.1) is 24.5 Å². The van der Waals surface area contributed by atoms with Crippen LogP contribution in [0.5, 0.6) is 0 Å². The topological polar surface area (TPSA) is 88.5 Å². The smallest absolute Gasteiger partial charge is 0.226 e. The van der Waals surface area contributed by atoms with E-state index in [1.54, 1.807) is 13.3 Å². The lowest BCUT2D eigenvalue weighted by Crippen LogP contribution is -2.36. The minimum Gasteiger partial charge on any atom is -0.444 e. The van der Waals surface area contributed by atoms with Crippen molar-refractivity contribution in [1.82, 2.24) is 20.8 Å². The van der Waals surface area contributed by atoms with Gasteiger partial charge in [-0.05, 0) is 26.0 Å². The fourth-order valence-corrected chi connectivity index (χ4v) is 2.28. The third-order valence-electron chi connectivity index (χ3n) is 3.62. The van der Waals surface area contributed by atoms with Gasteiger partial charge in [-0.3, -0.25) is 4.99 Å². The molecule has 0 aliphatic rings. The van der Waals surface area contributed by atoms with Gasteiger partial charge >= 0.3 is 0 Å². The highest BCUT2D eigenvalue weighted by molar-refractivity contribution is 14.0. The summed E-state index contributed by atoms with van der Waals surface area (Å²) in [6.45, 7) is 4.95. The molecule has 138 valence electrons. The Bertz CT molecular complexity index is 855. The SMILES string of the molecule is CN=C(NCc1coc(-c2ccc(C)cc2)n1)NCc1cc(C)no1.I. The van der Waals surface area contributed by atoms with Crippen LogP contribution in [0.25, 0.3) is 11.5 Å². The molecule has 0 unspecified atom stereocenters. The van der Waals surface area contributed by atoms with E-state index in [0.717, 1.165) is 22.7 Å². The van der Waals surface area contributed by atoms with Crippen molar-refractivity contribution in [3.63, 3.8) is 0 Å². The second kappa shape index (κ2) is 9.37. The summed E-state index contributed by atoms with van der Waals surface area (Å²) in [4.78, 5) is 8.67. The first kappa shape index (κ1) is 20.0. The molecule has 3 rings (SSSR count). The molecule has 8 heteroatoms. The van der Waals surface area contributed by atoms with Crippen LogP contribution in [0.3, 0.4) is 0 Å². The van der Waals surface area contributed by atoms with E-state index in [1.165, 1.54) is 5.56 Å². The van der Waals surface area contributed by atoms with Crippen LogP contribution >= 0.6 is 24.0 Å². The summed E-state index contributed by atoms with van der Waals surface area (Å²) in [5.74, 6) is 2.01. The van der Waals surface area contributed by atoms with E-state index in [4.69, 9.17) is 8.94 Å². The van der Waals surface area contributed by atoms with Gasteiger partial charge in [-0.1, -0.05) is 22.9 Å². The van der Waals surface area contributed by atoms with Gasteiger partial charge in [0, 0.05) is 18.7 Å². The van der Waals surface area contributed by atoms with Gasteiger partial charge in [-0.25, -0.2) is 4.98 Å². The van der Waals surface area contributed by atoms with E-state index in [1.807, 2.05) is 44.2 Å². The number of aliphatic imine (C=N–C) groups is 1. The summed E-state index contributed by atoms with van der Waals surface area (Å²) < 4.78 is 10.7. The fourth-order valence-electron chi connectivity index (χ4n) is 2.28. The van der Waals surface area contributed by atoms with E-state index >= 15 is 0 Å². The van der Waals surface area contributed by atoms with E-state index in [2.05, 4.69) is 25.8 Å². The number of aromatic nitrogens is 2. The van der Waals surface area contributed by atoms with Crippen LogP contribution in [0.15, 0.2) is 50.5 Å². The zero-order chi connectivity index (χ0) is 17.6. The van der Waals surface area contributed by atoms with Gasteiger partial charge in [0.25, 0.3) is 0 Å². The lowest BCUT2D eigenvalue weighted by Gasteiger charge is -2.08. The predicted molar refractivity (Wildman–Crippen MR) is 110 cm³/mol. The number of hydrogen-bond donors (Lipinski definition) is 2. The second-order valence-electron chi connectivity index (χ2n) is 5.72. The molecule has 0 aliphatic carbocycles. The molecule has 0 aliphatic heterocycles. The van der Waals surface area contributed by atoms with Crippen molar-refractivity contribution in [3.8, 4) is 11.5 Å². The molecular weight excluding hydrogens is 445 g/mol. The predicted octanol–water partition coefficient (Wildman–Crippen LogP) is 3.43. The van der Waals surface area contributed by atoms with Gasteiger partial charge in [-0.15, -0.1) is 24.0 Å². The molecule has 1 aromatic carbocycles.